The van der Waals surface area contributed by atoms with Gasteiger partial charge in [0.25, 0.3) is 5.91 Å². The summed E-state index contributed by atoms with van der Waals surface area (Å²) in [6.07, 6.45) is 4.22. The van der Waals surface area contributed by atoms with Gasteiger partial charge in [-0.25, -0.2) is 9.78 Å². The third kappa shape index (κ3) is 2.51. The minimum Gasteiger partial charge on any atom is -0.477 e. The van der Waals surface area contributed by atoms with E-state index in [1.807, 2.05) is 0 Å². The van der Waals surface area contributed by atoms with Gasteiger partial charge in [-0.3, -0.25) is 9.78 Å². The Kier molecular flexibility index (Phi) is 3.33. The third-order valence-corrected chi connectivity index (χ3v) is 3.29. The van der Waals surface area contributed by atoms with Gasteiger partial charge in [-0.1, -0.05) is 0 Å². The van der Waals surface area contributed by atoms with Crippen molar-refractivity contribution in [2.45, 2.75) is 6.92 Å². The second-order valence-electron chi connectivity index (χ2n) is 3.47. The van der Waals surface area contributed by atoms with E-state index in [9.17, 15) is 9.59 Å². The van der Waals surface area contributed by atoms with Gasteiger partial charge in [-0.2, -0.15) is 0 Å². The number of anilines is 1. The Labute approximate surface area is 106 Å². The molecule has 0 bridgehead atoms. The first-order chi connectivity index (χ1) is 8.58. The average Bonchev–Trinajstić information content (AvgIpc) is 2.71. The second kappa shape index (κ2) is 4.92. The first kappa shape index (κ1) is 12.2. The van der Waals surface area contributed by atoms with Crippen LogP contribution in [0.3, 0.4) is 0 Å². The molecule has 2 rings (SSSR count). The number of rotatable bonds is 3. The Hall–Kier alpha value is -2.28. The Morgan fingerprint density at radius 3 is 2.72 bits per heavy atom. The standard InChI is InChI=1S/C11H9N3O3S/c1-6-4-8(18-9(6)11(16)17)14-10(15)7-5-12-2-3-13-7/h2-5H,1H3,(H,14,15)(H,16,17). The van der Waals surface area contributed by atoms with Crippen molar-refractivity contribution < 1.29 is 14.7 Å². The molecule has 0 atom stereocenters. The maximum atomic E-state index is 11.8. The lowest BCUT2D eigenvalue weighted by Crippen LogP contribution is -2.12. The summed E-state index contributed by atoms with van der Waals surface area (Å²) in [5, 5.41) is 12.0. The van der Waals surface area contributed by atoms with Crippen molar-refractivity contribution in [3.8, 4) is 0 Å². The Morgan fingerprint density at radius 1 is 1.39 bits per heavy atom. The van der Waals surface area contributed by atoms with Gasteiger partial charge in [-0.15, -0.1) is 11.3 Å². The molecule has 0 aliphatic rings. The van der Waals surface area contributed by atoms with Gasteiger partial charge in [0.05, 0.1) is 11.2 Å². The number of nitrogens with one attached hydrogen (secondary N) is 1. The first-order valence-corrected chi connectivity index (χ1v) is 5.80. The zero-order valence-electron chi connectivity index (χ0n) is 9.38. The predicted octanol–water partition coefficient (Wildman–Crippen LogP) is 1.80. The molecule has 7 heteroatoms. The normalized spacial score (nSPS) is 10.1. The molecular formula is C11H9N3O3S. The topological polar surface area (TPSA) is 92.2 Å². The fourth-order valence-electron chi connectivity index (χ4n) is 1.35. The van der Waals surface area contributed by atoms with Gasteiger partial charge in [0.1, 0.15) is 10.6 Å². The van der Waals surface area contributed by atoms with Gasteiger partial charge in [0.2, 0.25) is 0 Å². The number of aryl methyl sites for hydroxylation is 1. The molecule has 18 heavy (non-hydrogen) atoms. The molecule has 2 aromatic heterocycles. The number of carboxylic acid groups (broad SMARTS) is 1. The molecule has 2 N–H and O–H groups in total. The van der Waals surface area contributed by atoms with E-state index >= 15 is 0 Å². The molecule has 0 aliphatic carbocycles. The number of carbonyl (C=O) groups is 2. The van der Waals surface area contributed by atoms with Gasteiger partial charge in [0.15, 0.2) is 0 Å². The van der Waals surface area contributed by atoms with Crippen LogP contribution in [0, 0.1) is 6.92 Å². The molecule has 0 unspecified atom stereocenters. The summed E-state index contributed by atoms with van der Waals surface area (Å²) < 4.78 is 0. The van der Waals surface area contributed by atoms with E-state index in [0.717, 1.165) is 11.3 Å². The molecule has 0 fully saturated rings. The minimum absolute atomic E-state index is 0.181. The maximum absolute atomic E-state index is 11.8. The van der Waals surface area contributed by atoms with Crippen molar-refractivity contribution in [3.05, 3.63) is 40.8 Å². The van der Waals surface area contributed by atoms with Crippen LogP contribution >= 0.6 is 11.3 Å². The number of thiophene rings is 1. The zero-order valence-corrected chi connectivity index (χ0v) is 10.2. The number of carbonyl (C=O) groups excluding carboxylic acids is 1. The van der Waals surface area contributed by atoms with E-state index in [-0.39, 0.29) is 10.6 Å². The highest BCUT2D eigenvalue weighted by Crippen LogP contribution is 2.26. The summed E-state index contributed by atoms with van der Waals surface area (Å²) in [4.78, 5) is 30.5. The van der Waals surface area contributed by atoms with E-state index in [1.165, 1.54) is 18.6 Å². The number of carboxylic acids is 1. The Morgan fingerprint density at radius 2 is 2.17 bits per heavy atom. The van der Waals surface area contributed by atoms with Crippen LogP contribution in [-0.2, 0) is 0 Å². The van der Waals surface area contributed by atoms with Crippen LogP contribution in [0.2, 0.25) is 0 Å². The van der Waals surface area contributed by atoms with Crippen molar-refractivity contribution in [3.63, 3.8) is 0 Å². The van der Waals surface area contributed by atoms with E-state index in [4.69, 9.17) is 5.11 Å². The molecule has 0 aliphatic heterocycles. The van der Waals surface area contributed by atoms with Crippen LogP contribution < -0.4 is 5.32 Å². The van der Waals surface area contributed by atoms with Crippen molar-refractivity contribution >= 4 is 28.2 Å². The monoisotopic (exact) mass is 263 g/mol. The molecule has 0 spiro atoms. The number of aromatic nitrogens is 2. The molecule has 0 radical (unpaired) electrons. The van der Waals surface area contributed by atoms with Gasteiger partial charge >= 0.3 is 5.97 Å². The minimum atomic E-state index is -1.00. The van der Waals surface area contributed by atoms with Crippen LogP contribution in [0.25, 0.3) is 0 Å². The highest BCUT2D eigenvalue weighted by atomic mass is 32.1. The van der Waals surface area contributed by atoms with Crippen LogP contribution in [0.1, 0.15) is 25.7 Å². The molecule has 6 nitrogen and oxygen atoms in total. The van der Waals surface area contributed by atoms with E-state index in [0.29, 0.717) is 10.6 Å². The summed E-state index contributed by atoms with van der Waals surface area (Å²) in [6.45, 7) is 1.68. The predicted molar refractivity (Wildman–Crippen MR) is 66.0 cm³/mol. The molecule has 0 saturated heterocycles. The number of aromatic carboxylic acids is 1. The van der Waals surface area contributed by atoms with Crippen molar-refractivity contribution in [2.24, 2.45) is 0 Å². The largest absolute Gasteiger partial charge is 0.477 e. The van der Waals surface area contributed by atoms with E-state index in [2.05, 4.69) is 15.3 Å². The molecule has 2 aromatic rings. The van der Waals surface area contributed by atoms with Gasteiger partial charge < -0.3 is 10.4 Å². The fraction of sp³-hybridized carbons (Fsp3) is 0.0909. The zero-order chi connectivity index (χ0) is 13.1. The molecule has 92 valence electrons. The molecule has 0 aromatic carbocycles. The lowest BCUT2D eigenvalue weighted by Gasteiger charge is -1.99. The Bertz CT molecular complexity index is 595. The summed E-state index contributed by atoms with van der Waals surface area (Å²) in [6, 6.07) is 1.61. The van der Waals surface area contributed by atoms with E-state index < -0.39 is 11.9 Å². The van der Waals surface area contributed by atoms with Gasteiger partial charge in [-0.05, 0) is 18.6 Å². The van der Waals surface area contributed by atoms with Crippen molar-refractivity contribution in [1.29, 1.82) is 0 Å². The molecule has 0 saturated carbocycles. The second-order valence-corrected chi connectivity index (χ2v) is 4.52. The quantitative estimate of drug-likeness (QED) is 0.880. The summed E-state index contributed by atoms with van der Waals surface area (Å²) in [7, 11) is 0. The van der Waals surface area contributed by atoms with Crippen molar-refractivity contribution in [1.82, 2.24) is 9.97 Å². The summed E-state index contributed by atoms with van der Waals surface area (Å²) in [5.74, 6) is -1.42. The van der Waals surface area contributed by atoms with Crippen LogP contribution in [-0.4, -0.2) is 27.0 Å². The third-order valence-electron chi connectivity index (χ3n) is 2.14. The van der Waals surface area contributed by atoms with Crippen LogP contribution in [0.15, 0.2) is 24.7 Å². The number of nitrogens with zero attached hydrogens (tertiary/aromatic N) is 2. The van der Waals surface area contributed by atoms with Gasteiger partial charge in [0, 0.05) is 12.4 Å². The smallest absolute Gasteiger partial charge is 0.346 e. The van der Waals surface area contributed by atoms with Crippen LogP contribution in [0.5, 0.6) is 0 Å². The maximum Gasteiger partial charge on any atom is 0.346 e. The molecule has 1 amide bonds. The van der Waals surface area contributed by atoms with E-state index in [1.54, 1.807) is 13.0 Å². The fourth-order valence-corrected chi connectivity index (χ4v) is 2.25. The average molecular weight is 263 g/mol. The van der Waals surface area contributed by atoms with Crippen molar-refractivity contribution in [2.75, 3.05) is 5.32 Å². The number of hydrogen-bond donors (Lipinski definition) is 2. The SMILES string of the molecule is Cc1cc(NC(=O)c2cnccn2)sc1C(=O)O. The van der Waals surface area contributed by atoms with Crippen LogP contribution in [0.4, 0.5) is 5.00 Å². The number of hydrogen-bond acceptors (Lipinski definition) is 5. The molecular weight excluding hydrogens is 254 g/mol. The highest BCUT2D eigenvalue weighted by Gasteiger charge is 2.14. The first-order valence-electron chi connectivity index (χ1n) is 4.99. The Balaban J connectivity index is 2.18. The summed E-state index contributed by atoms with van der Waals surface area (Å²) >= 11 is 1.01. The highest BCUT2D eigenvalue weighted by molar-refractivity contribution is 7.18. The summed E-state index contributed by atoms with van der Waals surface area (Å²) in [5.41, 5.74) is 0.794. The lowest BCUT2D eigenvalue weighted by molar-refractivity contribution is 0.0701. The lowest BCUT2D eigenvalue weighted by atomic mass is 10.3. The number of amides is 1. The molecule has 2 heterocycles.